The second-order valence-corrected chi connectivity index (χ2v) is 3.71. The van der Waals surface area contributed by atoms with Crippen molar-refractivity contribution in [3.8, 4) is 0 Å². The first kappa shape index (κ1) is 8.89. The van der Waals surface area contributed by atoms with Gasteiger partial charge < -0.3 is 9.42 Å². The maximum Gasteiger partial charge on any atom is 0.328 e. The molecule has 0 aliphatic heterocycles. The molecule has 0 saturated carbocycles. The first-order valence-corrected chi connectivity index (χ1v) is 4.37. The van der Waals surface area contributed by atoms with Crippen molar-refractivity contribution in [2.75, 3.05) is 13.3 Å². The molecular formula is C5H11O3P. The molecule has 3 nitrogen and oxygen atoms in total. The number of hydrogen-bond acceptors (Lipinski definition) is 2. The van der Waals surface area contributed by atoms with Crippen LogP contribution in [0.15, 0.2) is 12.7 Å². The largest absolute Gasteiger partial charge is 0.328 e. The molecule has 0 aromatic rings. The molecule has 1 atom stereocenters. The minimum absolute atomic E-state index is 0.160. The molecule has 54 valence electrons. The molecule has 0 fully saturated rings. The molecule has 4 heteroatoms. The van der Waals surface area contributed by atoms with E-state index in [1.54, 1.807) is 6.08 Å². The van der Waals surface area contributed by atoms with E-state index in [-0.39, 0.29) is 6.16 Å². The fourth-order valence-electron chi connectivity index (χ4n) is 0.346. The van der Waals surface area contributed by atoms with Gasteiger partial charge in [0.2, 0.25) is 0 Å². The lowest BCUT2D eigenvalue weighted by Crippen LogP contribution is -1.88. The molecular weight excluding hydrogens is 139 g/mol. The molecule has 0 saturated heterocycles. The van der Waals surface area contributed by atoms with Gasteiger partial charge in [-0.25, -0.2) is 0 Å². The first-order valence-electron chi connectivity index (χ1n) is 2.61. The Morgan fingerprint density at radius 3 is 2.78 bits per heavy atom. The highest BCUT2D eigenvalue weighted by atomic mass is 31.2. The van der Waals surface area contributed by atoms with Gasteiger partial charge in [-0.05, 0) is 6.42 Å². The number of hydrogen-bond donors (Lipinski definition) is 1. The van der Waals surface area contributed by atoms with Gasteiger partial charge in [-0.2, -0.15) is 0 Å². The van der Waals surface area contributed by atoms with Crippen LogP contribution in [0, 0.1) is 0 Å². The minimum Gasteiger partial charge on any atom is -0.324 e. The van der Waals surface area contributed by atoms with Crippen molar-refractivity contribution in [1.29, 1.82) is 0 Å². The lowest BCUT2D eigenvalue weighted by molar-refractivity contribution is 0.316. The van der Waals surface area contributed by atoms with E-state index in [1.807, 2.05) is 0 Å². The second kappa shape index (κ2) is 3.83. The van der Waals surface area contributed by atoms with Crippen molar-refractivity contribution in [3.63, 3.8) is 0 Å². The molecule has 0 radical (unpaired) electrons. The van der Waals surface area contributed by atoms with E-state index in [0.717, 1.165) is 0 Å². The van der Waals surface area contributed by atoms with Crippen LogP contribution in [0.3, 0.4) is 0 Å². The average molecular weight is 150 g/mol. The Bertz CT molecular complexity index is 132. The molecule has 0 aliphatic carbocycles. The molecule has 9 heavy (non-hydrogen) atoms. The van der Waals surface area contributed by atoms with E-state index >= 15 is 0 Å². The highest BCUT2D eigenvalue weighted by Crippen LogP contribution is 2.40. The van der Waals surface area contributed by atoms with E-state index in [9.17, 15) is 4.57 Å². The molecule has 0 spiro atoms. The quantitative estimate of drug-likeness (QED) is 0.486. The van der Waals surface area contributed by atoms with Gasteiger partial charge in [-0.1, -0.05) is 6.08 Å². The Kier molecular flexibility index (Phi) is 3.78. The summed E-state index contributed by atoms with van der Waals surface area (Å²) in [6.07, 6.45) is 2.26. The lowest BCUT2D eigenvalue weighted by Gasteiger charge is -2.04. The smallest absolute Gasteiger partial charge is 0.324 e. The normalized spacial score (nSPS) is 16.7. The van der Waals surface area contributed by atoms with Gasteiger partial charge in [0.05, 0.1) is 6.16 Å². The van der Waals surface area contributed by atoms with Crippen LogP contribution in [0.1, 0.15) is 6.42 Å². The van der Waals surface area contributed by atoms with E-state index in [0.29, 0.717) is 6.42 Å². The molecule has 0 rings (SSSR count). The van der Waals surface area contributed by atoms with E-state index in [1.165, 1.54) is 7.11 Å². The molecule has 1 unspecified atom stereocenters. The van der Waals surface area contributed by atoms with Gasteiger partial charge in [-0.15, -0.1) is 6.58 Å². The number of rotatable bonds is 4. The molecule has 1 N–H and O–H groups in total. The Morgan fingerprint density at radius 1 is 1.89 bits per heavy atom. The van der Waals surface area contributed by atoms with Crippen molar-refractivity contribution in [2.45, 2.75) is 6.42 Å². The highest BCUT2D eigenvalue weighted by Gasteiger charge is 2.13. The SMILES string of the molecule is C=CCCP(=O)(O)OC. The zero-order chi connectivity index (χ0) is 7.33. The average Bonchev–Trinajstić information content (AvgIpc) is 1.84. The van der Waals surface area contributed by atoms with Gasteiger partial charge in [0, 0.05) is 7.11 Å². The van der Waals surface area contributed by atoms with E-state index < -0.39 is 7.60 Å². The summed E-state index contributed by atoms with van der Waals surface area (Å²) in [7, 11) is -2.04. The van der Waals surface area contributed by atoms with Crippen LogP contribution >= 0.6 is 7.60 Å². The lowest BCUT2D eigenvalue weighted by atomic mass is 10.5. The summed E-state index contributed by atoms with van der Waals surface area (Å²) in [5, 5.41) is 0. The van der Waals surface area contributed by atoms with Crippen molar-refractivity contribution in [2.24, 2.45) is 0 Å². The van der Waals surface area contributed by atoms with Crippen LogP contribution in [0.4, 0.5) is 0 Å². The Hall–Kier alpha value is -0.110. The summed E-state index contributed by atoms with van der Waals surface area (Å²) in [6.45, 7) is 3.41. The summed E-state index contributed by atoms with van der Waals surface area (Å²) in [6, 6.07) is 0. The Balaban J connectivity index is 3.58. The summed E-state index contributed by atoms with van der Waals surface area (Å²) in [5.41, 5.74) is 0. The monoisotopic (exact) mass is 150 g/mol. The van der Waals surface area contributed by atoms with Crippen LogP contribution in [0.5, 0.6) is 0 Å². The van der Waals surface area contributed by atoms with Gasteiger partial charge >= 0.3 is 7.60 Å². The minimum atomic E-state index is -3.26. The Labute approximate surface area is 54.9 Å². The predicted octanol–water partition coefficient (Wildman–Crippen LogP) is 1.39. The van der Waals surface area contributed by atoms with Crippen LogP contribution in [-0.2, 0) is 9.09 Å². The summed E-state index contributed by atoms with van der Waals surface area (Å²) in [5.74, 6) is 0. The summed E-state index contributed by atoms with van der Waals surface area (Å²) >= 11 is 0. The third kappa shape index (κ3) is 4.40. The summed E-state index contributed by atoms with van der Waals surface area (Å²) < 4.78 is 14.9. The van der Waals surface area contributed by atoms with Gasteiger partial charge in [0.1, 0.15) is 0 Å². The molecule has 0 heterocycles. The van der Waals surface area contributed by atoms with Gasteiger partial charge in [0.25, 0.3) is 0 Å². The fraction of sp³-hybridized carbons (Fsp3) is 0.600. The third-order valence-corrected chi connectivity index (χ3v) is 2.29. The molecule has 0 amide bonds. The maximum absolute atomic E-state index is 10.6. The van der Waals surface area contributed by atoms with Gasteiger partial charge in [-0.3, -0.25) is 4.57 Å². The van der Waals surface area contributed by atoms with Crippen molar-refractivity contribution in [1.82, 2.24) is 0 Å². The zero-order valence-electron chi connectivity index (χ0n) is 5.41. The van der Waals surface area contributed by atoms with Crippen molar-refractivity contribution in [3.05, 3.63) is 12.7 Å². The van der Waals surface area contributed by atoms with E-state index in [4.69, 9.17) is 4.89 Å². The van der Waals surface area contributed by atoms with Gasteiger partial charge in [0.15, 0.2) is 0 Å². The van der Waals surface area contributed by atoms with Crippen LogP contribution in [-0.4, -0.2) is 18.2 Å². The number of allylic oxidation sites excluding steroid dienone is 1. The molecule has 0 aromatic heterocycles. The maximum atomic E-state index is 10.6. The first-order chi connectivity index (χ1) is 4.12. The molecule has 0 aliphatic rings. The topological polar surface area (TPSA) is 46.5 Å². The van der Waals surface area contributed by atoms with Crippen LogP contribution < -0.4 is 0 Å². The molecule has 0 aromatic carbocycles. The second-order valence-electron chi connectivity index (χ2n) is 1.62. The summed E-state index contributed by atoms with van der Waals surface area (Å²) in [4.78, 5) is 8.74. The van der Waals surface area contributed by atoms with E-state index in [2.05, 4.69) is 11.1 Å². The van der Waals surface area contributed by atoms with Crippen molar-refractivity contribution >= 4 is 7.60 Å². The highest BCUT2D eigenvalue weighted by molar-refractivity contribution is 7.52. The third-order valence-electron chi connectivity index (χ3n) is 0.901. The fourth-order valence-corrected chi connectivity index (χ4v) is 1.04. The standard InChI is InChI=1S/C5H11O3P/c1-3-4-5-9(6,7)8-2/h3H,1,4-5H2,2H3,(H,6,7). The predicted molar refractivity (Wildman–Crippen MR) is 36.5 cm³/mol. The van der Waals surface area contributed by atoms with Crippen LogP contribution in [0.25, 0.3) is 0 Å². The zero-order valence-corrected chi connectivity index (χ0v) is 6.30. The molecule has 0 bridgehead atoms. The Morgan fingerprint density at radius 2 is 2.44 bits per heavy atom. The van der Waals surface area contributed by atoms with Crippen LogP contribution in [0.2, 0.25) is 0 Å². The van der Waals surface area contributed by atoms with Crippen molar-refractivity contribution < 1.29 is 14.0 Å².